The molecule has 4 nitrogen and oxygen atoms in total. The highest BCUT2D eigenvalue weighted by atomic mass is 16.3. The average molecular weight is 202 g/mol. The molecular formula is C10H22N2O2. The fourth-order valence-electron chi connectivity index (χ4n) is 1.96. The van der Waals surface area contributed by atoms with Crippen LogP contribution >= 0.6 is 0 Å². The van der Waals surface area contributed by atoms with Gasteiger partial charge < -0.3 is 15.5 Å². The molecule has 0 bridgehead atoms. The van der Waals surface area contributed by atoms with E-state index in [9.17, 15) is 5.11 Å². The summed E-state index contributed by atoms with van der Waals surface area (Å²) in [4.78, 5) is 2.10. The number of piperidine rings is 1. The summed E-state index contributed by atoms with van der Waals surface area (Å²) in [6.45, 7) is 6.25. The highest BCUT2D eigenvalue weighted by Gasteiger charge is 2.30. The first kappa shape index (κ1) is 11.9. The summed E-state index contributed by atoms with van der Waals surface area (Å²) < 4.78 is 0. The summed E-state index contributed by atoms with van der Waals surface area (Å²) >= 11 is 0. The maximum Gasteiger partial charge on any atom is 0.0798 e. The summed E-state index contributed by atoms with van der Waals surface area (Å²) in [5.74, 6) is 0. The van der Waals surface area contributed by atoms with Crippen molar-refractivity contribution in [3.05, 3.63) is 0 Å². The van der Waals surface area contributed by atoms with Gasteiger partial charge in [-0.05, 0) is 32.5 Å². The molecule has 0 spiro atoms. The number of nitrogens with one attached hydrogen (secondary N) is 1. The number of rotatable bonds is 5. The van der Waals surface area contributed by atoms with Crippen molar-refractivity contribution < 1.29 is 10.2 Å². The number of likely N-dealkylation sites (N-methyl/N-ethyl adjacent to an activating group) is 1. The molecule has 3 N–H and O–H groups in total. The molecule has 0 amide bonds. The summed E-state index contributed by atoms with van der Waals surface area (Å²) in [5, 5.41) is 22.3. The van der Waals surface area contributed by atoms with E-state index in [2.05, 4.69) is 17.1 Å². The lowest BCUT2D eigenvalue weighted by Gasteiger charge is -2.36. The maximum absolute atomic E-state index is 10.2. The van der Waals surface area contributed by atoms with Crippen molar-refractivity contribution in [1.82, 2.24) is 10.2 Å². The lowest BCUT2D eigenvalue weighted by Crippen LogP contribution is -2.50. The lowest BCUT2D eigenvalue weighted by molar-refractivity contribution is -0.0223. The first-order chi connectivity index (χ1) is 6.70. The van der Waals surface area contributed by atoms with Gasteiger partial charge in [-0.2, -0.15) is 0 Å². The van der Waals surface area contributed by atoms with E-state index < -0.39 is 5.60 Å². The Morgan fingerprint density at radius 1 is 1.36 bits per heavy atom. The molecule has 0 radical (unpaired) electrons. The molecule has 1 aliphatic heterocycles. The van der Waals surface area contributed by atoms with Crippen molar-refractivity contribution in [2.45, 2.75) is 25.4 Å². The summed E-state index contributed by atoms with van der Waals surface area (Å²) in [7, 11) is 0. The number of hydrogen-bond donors (Lipinski definition) is 3. The average Bonchev–Trinajstić information content (AvgIpc) is 2.18. The summed E-state index contributed by atoms with van der Waals surface area (Å²) in [6, 6.07) is 0. The van der Waals surface area contributed by atoms with Gasteiger partial charge in [-0.25, -0.2) is 0 Å². The van der Waals surface area contributed by atoms with Gasteiger partial charge in [0.25, 0.3) is 0 Å². The third-order valence-electron chi connectivity index (χ3n) is 2.92. The van der Waals surface area contributed by atoms with Crippen LogP contribution in [0.15, 0.2) is 0 Å². The van der Waals surface area contributed by atoms with E-state index in [1.54, 1.807) is 0 Å². The van der Waals surface area contributed by atoms with Crippen LogP contribution in [0.25, 0.3) is 0 Å². The van der Waals surface area contributed by atoms with Gasteiger partial charge in [0.05, 0.1) is 12.2 Å². The Bertz CT molecular complexity index is 158. The largest absolute Gasteiger partial charge is 0.395 e. The van der Waals surface area contributed by atoms with Crippen molar-refractivity contribution in [2.75, 3.05) is 39.3 Å². The molecule has 4 heteroatoms. The Morgan fingerprint density at radius 2 is 2.00 bits per heavy atom. The Labute approximate surface area is 85.9 Å². The number of aliphatic hydroxyl groups is 2. The monoisotopic (exact) mass is 202 g/mol. The highest BCUT2D eigenvalue weighted by molar-refractivity contribution is 4.87. The molecule has 0 saturated carbocycles. The molecule has 14 heavy (non-hydrogen) atoms. The molecule has 0 unspecified atom stereocenters. The molecule has 0 aliphatic carbocycles. The van der Waals surface area contributed by atoms with Gasteiger partial charge >= 0.3 is 0 Å². The SMILES string of the molecule is CCN(CCO)CC1(O)CCNCC1. The minimum atomic E-state index is -0.545. The number of aliphatic hydroxyl groups excluding tert-OH is 1. The predicted molar refractivity (Wildman–Crippen MR) is 56.3 cm³/mol. The molecule has 0 atom stereocenters. The second-order valence-corrected chi connectivity index (χ2v) is 4.07. The topological polar surface area (TPSA) is 55.7 Å². The van der Waals surface area contributed by atoms with Gasteiger partial charge in [0.1, 0.15) is 0 Å². The van der Waals surface area contributed by atoms with Gasteiger partial charge in [0.2, 0.25) is 0 Å². The third-order valence-corrected chi connectivity index (χ3v) is 2.92. The molecule has 1 heterocycles. The molecule has 0 aromatic carbocycles. The quantitative estimate of drug-likeness (QED) is 0.558. The summed E-state index contributed by atoms with van der Waals surface area (Å²) in [6.07, 6.45) is 1.63. The number of hydrogen-bond acceptors (Lipinski definition) is 4. The predicted octanol–water partition coefficient (Wildman–Crippen LogP) is -0.585. The molecule has 1 saturated heterocycles. The van der Waals surface area contributed by atoms with Crippen LogP contribution in [0, 0.1) is 0 Å². The van der Waals surface area contributed by atoms with Crippen LogP contribution in [0.3, 0.4) is 0 Å². The van der Waals surface area contributed by atoms with E-state index in [0.29, 0.717) is 13.1 Å². The van der Waals surface area contributed by atoms with Crippen LogP contribution < -0.4 is 5.32 Å². The first-order valence-electron chi connectivity index (χ1n) is 5.46. The smallest absolute Gasteiger partial charge is 0.0798 e. The second kappa shape index (κ2) is 5.66. The van der Waals surface area contributed by atoms with Crippen LogP contribution in [-0.4, -0.2) is 60.0 Å². The molecule has 84 valence electrons. The van der Waals surface area contributed by atoms with E-state index in [-0.39, 0.29) is 6.61 Å². The lowest BCUT2D eigenvalue weighted by atomic mass is 9.92. The minimum absolute atomic E-state index is 0.169. The fourth-order valence-corrected chi connectivity index (χ4v) is 1.96. The Kier molecular flexibility index (Phi) is 4.81. The first-order valence-corrected chi connectivity index (χ1v) is 5.46. The van der Waals surface area contributed by atoms with Gasteiger partial charge in [-0.3, -0.25) is 4.90 Å². The second-order valence-electron chi connectivity index (χ2n) is 4.07. The van der Waals surface area contributed by atoms with Crippen LogP contribution in [-0.2, 0) is 0 Å². The molecular weight excluding hydrogens is 180 g/mol. The zero-order valence-electron chi connectivity index (χ0n) is 9.00. The number of nitrogens with zero attached hydrogens (tertiary/aromatic N) is 1. The van der Waals surface area contributed by atoms with E-state index in [0.717, 1.165) is 32.5 Å². The van der Waals surface area contributed by atoms with Crippen molar-refractivity contribution >= 4 is 0 Å². The van der Waals surface area contributed by atoms with E-state index in [4.69, 9.17) is 5.11 Å². The van der Waals surface area contributed by atoms with Crippen LogP contribution in [0.4, 0.5) is 0 Å². The van der Waals surface area contributed by atoms with E-state index in [1.165, 1.54) is 0 Å². The standard InChI is InChI=1S/C10H22N2O2/c1-2-12(7-8-13)9-10(14)3-5-11-6-4-10/h11,13-14H,2-9H2,1H3. The van der Waals surface area contributed by atoms with Crippen LogP contribution in [0.1, 0.15) is 19.8 Å². The van der Waals surface area contributed by atoms with Gasteiger partial charge in [-0.1, -0.05) is 6.92 Å². The normalized spacial score (nSPS) is 21.4. The summed E-state index contributed by atoms with van der Waals surface area (Å²) in [5.41, 5.74) is -0.545. The third kappa shape index (κ3) is 3.53. The van der Waals surface area contributed by atoms with E-state index in [1.807, 2.05) is 0 Å². The van der Waals surface area contributed by atoms with Crippen LogP contribution in [0.2, 0.25) is 0 Å². The minimum Gasteiger partial charge on any atom is -0.395 e. The molecule has 1 rings (SSSR count). The fraction of sp³-hybridized carbons (Fsp3) is 1.00. The Hall–Kier alpha value is -0.160. The van der Waals surface area contributed by atoms with Gasteiger partial charge in [-0.15, -0.1) is 0 Å². The maximum atomic E-state index is 10.2. The zero-order valence-corrected chi connectivity index (χ0v) is 9.00. The Balaban J connectivity index is 2.38. The highest BCUT2D eigenvalue weighted by Crippen LogP contribution is 2.19. The van der Waals surface area contributed by atoms with Gasteiger partial charge in [0.15, 0.2) is 0 Å². The molecule has 0 aromatic heterocycles. The van der Waals surface area contributed by atoms with Gasteiger partial charge in [0, 0.05) is 13.1 Å². The Morgan fingerprint density at radius 3 is 2.50 bits per heavy atom. The molecule has 1 aliphatic rings. The zero-order chi connectivity index (χ0) is 10.4. The molecule has 1 fully saturated rings. The van der Waals surface area contributed by atoms with E-state index >= 15 is 0 Å². The van der Waals surface area contributed by atoms with Crippen molar-refractivity contribution in [3.63, 3.8) is 0 Å². The van der Waals surface area contributed by atoms with Crippen molar-refractivity contribution in [1.29, 1.82) is 0 Å². The van der Waals surface area contributed by atoms with Crippen molar-refractivity contribution in [3.8, 4) is 0 Å². The van der Waals surface area contributed by atoms with Crippen molar-refractivity contribution in [2.24, 2.45) is 0 Å². The molecule has 0 aromatic rings. The van der Waals surface area contributed by atoms with Crippen LogP contribution in [0.5, 0.6) is 0 Å².